The molecule has 0 atom stereocenters. The number of hydrogen-bond donors (Lipinski definition) is 1. The Morgan fingerprint density at radius 1 is 1.10 bits per heavy atom. The van der Waals surface area contributed by atoms with Crippen LogP contribution in [0.15, 0.2) is 60.6 Å². The van der Waals surface area contributed by atoms with E-state index in [-0.39, 0.29) is 38.3 Å². The Morgan fingerprint density at radius 2 is 1.71 bits per heavy atom. The lowest BCUT2D eigenvalue weighted by atomic mass is 10.2. The topological polar surface area (TPSA) is 154 Å². The van der Waals surface area contributed by atoms with E-state index in [9.17, 15) is 32.9 Å². The third-order valence-corrected chi connectivity index (χ3v) is 6.88. The van der Waals surface area contributed by atoms with Crippen molar-refractivity contribution in [2.24, 2.45) is 0 Å². The van der Waals surface area contributed by atoms with Crippen LogP contribution in [0, 0.1) is 17.0 Å². The van der Waals surface area contributed by atoms with Crippen molar-refractivity contribution in [2.75, 3.05) is 0 Å². The van der Waals surface area contributed by atoms with Crippen molar-refractivity contribution >= 4 is 27.1 Å². The predicted octanol–water partition coefficient (Wildman–Crippen LogP) is 1.41. The van der Waals surface area contributed by atoms with Gasteiger partial charge in [-0.3, -0.25) is 15.1 Å². The molecule has 2 aromatic carbocycles. The summed E-state index contributed by atoms with van der Waals surface area (Å²) in [6, 6.07) is 6.82. The zero-order chi connectivity index (χ0) is 23.1. The SMILES string of the molecule is CCn1c(=O)[nH]c(=O)n(-c2ccc(S(=O)(=O)c3c(C)cc([N+](=O)[O-])cc3Cl)cc2)c1=O. The summed E-state index contributed by atoms with van der Waals surface area (Å²) < 4.78 is 27.6. The Kier molecular flexibility index (Phi) is 5.70. The third-order valence-electron chi connectivity index (χ3n) is 4.50. The summed E-state index contributed by atoms with van der Waals surface area (Å²) in [5.41, 5.74) is -2.91. The van der Waals surface area contributed by atoms with E-state index in [0.717, 1.165) is 28.8 Å². The van der Waals surface area contributed by atoms with Crippen molar-refractivity contribution in [3.8, 4) is 5.69 Å². The summed E-state index contributed by atoms with van der Waals surface area (Å²) in [6.07, 6.45) is 0. The number of rotatable bonds is 5. The number of hydrogen-bond acceptors (Lipinski definition) is 7. The Labute approximate surface area is 179 Å². The number of benzene rings is 2. The molecule has 0 spiro atoms. The molecule has 0 aliphatic carbocycles. The van der Waals surface area contributed by atoms with Gasteiger partial charge in [-0.05, 0) is 43.7 Å². The zero-order valence-corrected chi connectivity index (χ0v) is 17.7. The number of nitro groups is 1. The van der Waals surface area contributed by atoms with E-state index in [1.807, 2.05) is 4.98 Å². The lowest BCUT2D eigenvalue weighted by molar-refractivity contribution is -0.384. The van der Waals surface area contributed by atoms with Crippen molar-refractivity contribution in [3.05, 3.63) is 88.6 Å². The van der Waals surface area contributed by atoms with Gasteiger partial charge in [0.15, 0.2) is 0 Å². The molecular formula is C18H15ClN4O7S. The lowest BCUT2D eigenvalue weighted by Crippen LogP contribution is -2.48. The van der Waals surface area contributed by atoms with Gasteiger partial charge in [0, 0.05) is 18.7 Å². The minimum absolute atomic E-state index is 0.0266. The second kappa shape index (κ2) is 7.96. The Balaban J connectivity index is 2.13. The molecule has 0 radical (unpaired) electrons. The number of nitrogens with one attached hydrogen (secondary N) is 1. The summed E-state index contributed by atoms with van der Waals surface area (Å²) in [4.78, 5) is 48.0. The van der Waals surface area contributed by atoms with Crippen LogP contribution in [-0.2, 0) is 16.4 Å². The van der Waals surface area contributed by atoms with Crippen molar-refractivity contribution in [1.29, 1.82) is 0 Å². The fourth-order valence-electron chi connectivity index (χ4n) is 3.07. The molecule has 0 bridgehead atoms. The van der Waals surface area contributed by atoms with Crippen molar-refractivity contribution < 1.29 is 13.3 Å². The number of halogens is 1. The molecule has 3 rings (SSSR count). The highest BCUT2D eigenvalue weighted by Gasteiger charge is 2.26. The summed E-state index contributed by atoms with van der Waals surface area (Å²) in [5.74, 6) is 0. The maximum Gasteiger partial charge on any atom is 0.340 e. The van der Waals surface area contributed by atoms with Crippen LogP contribution in [0.4, 0.5) is 5.69 Å². The monoisotopic (exact) mass is 466 g/mol. The zero-order valence-electron chi connectivity index (χ0n) is 16.2. The smallest absolute Gasteiger partial charge is 0.258 e. The maximum atomic E-state index is 13.0. The first-order valence-corrected chi connectivity index (χ1v) is 10.6. The molecule has 0 saturated heterocycles. The Hall–Kier alpha value is -3.51. The minimum atomic E-state index is -4.16. The summed E-state index contributed by atoms with van der Waals surface area (Å²) in [5, 5.41) is 10.6. The number of sulfone groups is 1. The second-order valence-electron chi connectivity index (χ2n) is 6.43. The van der Waals surface area contributed by atoms with Crippen LogP contribution in [0.3, 0.4) is 0 Å². The number of nitro benzene ring substituents is 1. The van der Waals surface area contributed by atoms with Gasteiger partial charge >= 0.3 is 17.1 Å². The number of H-pyrrole nitrogens is 1. The molecule has 11 nitrogen and oxygen atoms in total. The molecule has 13 heteroatoms. The largest absolute Gasteiger partial charge is 0.340 e. The quantitative estimate of drug-likeness (QED) is 0.440. The number of aromatic nitrogens is 3. The van der Waals surface area contributed by atoms with Gasteiger partial charge in [0.05, 0.1) is 25.4 Å². The highest BCUT2D eigenvalue weighted by Crippen LogP contribution is 2.34. The van der Waals surface area contributed by atoms with E-state index in [1.165, 1.54) is 19.1 Å². The van der Waals surface area contributed by atoms with Gasteiger partial charge in [0.1, 0.15) is 0 Å². The van der Waals surface area contributed by atoms with E-state index in [0.29, 0.717) is 4.57 Å². The Morgan fingerprint density at radius 3 is 2.23 bits per heavy atom. The predicted molar refractivity (Wildman–Crippen MR) is 111 cm³/mol. The average molecular weight is 467 g/mol. The van der Waals surface area contributed by atoms with Gasteiger partial charge in [-0.2, -0.15) is 0 Å². The van der Waals surface area contributed by atoms with Crippen molar-refractivity contribution in [2.45, 2.75) is 30.2 Å². The third kappa shape index (κ3) is 3.82. The fraction of sp³-hybridized carbons (Fsp3) is 0.167. The molecule has 0 unspecified atom stereocenters. The van der Waals surface area contributed by atoms with Gasteiger partial charge in [-0.1, -0.05) is 11.6 Å². The fourth-order valence-corrected chi connectivity index (χ4v) is 5.16. The Bertz CT molecular complexity index is 1460. The van der Waals surface area contributed by atoms with Crippen LogP contribution in [0.2, 0.25) is 5.02 Å². The number of non-ortho nitro benzene ring substituents is 1. The second-order valence-corrected chi connectivity index (χ2v) is 8.72. The van der Waals surface area contributed by atoms with Gasteiger partial charge in [-0.15, -0.1) is 0 Å². The van der Waals surface area contributed by atoms with Crippen LogP contribution in [0.25, 0.3) is 5.69 Å². The van der Waals surface area contributed by atoms with Gasteiger partial charge in [0.2, 0.25) is 9.84 Å². The first-order chi connectivity index (χ1) is 14.5. The molecule has 0 aliphatic rings. The van der Waals surface area contributed by atoms with Gasteiger partial charge in [-0.25, -0.2) is 31.9 Å². The standard InChI is InChI=1S/C18H15ClN4O7S/c1-3-21-16(24)20-17(25)22(18(21)26)11-4-6-13(7-5-11)31(29,30)15-10(2)8-12(23(27)28)9-14(15)19/h4-9H,3H2,1-2H3,(H,20,24,25). The van der Waals surface area contributed by atoms with E-state index in [1.54, 1.807) is 6.92 Å². The van der Waals surface area contributed by atoms with E-state index >= 15 is 0 Å². The van der Waals surface area contributed by atoms with Crippen LogP contribution in [-0.4, -0.2) is 27.5 Å². The van der Waals surface area contributed by atoms with Crippen LogP contribution in [0.5, 0.6) is 0 Å². The molecule has 31 heavy (non-hydrogen) atoms. The van der Waals surface area contributed by atoms with Crippen LogP contribution < -0.4 is 17.1 Å². The number of aryl methyl sites for hydroxylation is 1. The minimum Gasteiger partial charge on any atom is -0.258 e. The highest BCUT2D eigenvalue weighted by atomic mass is 35.5. The van der Waals surface area contributed by atoms with E-state index < -0.39 is 31.8 Å². The summed E-state index contributed by atoms with van der Waals surface area (Å²) in [7, 11) is -4.16. The molecular weight excluding hydrogens is 452 g/mol. The van der Waals surface area contributed by atoms with Crippen LogP contribution >= 0.6 is 11.6 Å². The number of aromatic amines is 1. The van der Waals surface area contributed by atoms with E-state index in [2.05, 4.69) is 0 Å². The molecule has 1 aromatic heterocycles. The molecule has 0 amide bonds. The molecule has 0 saturated carbocycles. The normalized spacial score (nSPS) is 11.5. The molecule has 0 fully saturated rings. The van der Waals surface area contributed by atoms with Gasteiger partial charge < -0.3 is 0 Å². The molecule has 162 valence electrons. The first kappa shape index (κ1) is 22.2. The molecule has 1 heterocycles. The van der Waals surface area contributed by atoms with Crippen molar-refractivity contribution in [3.63, 3.8) is 0 Å². The maximum absolute atomic E-state index is 13.0. The van der Waals surface area contributed by atoms with Crippen LogP contribution in [0.1, 0.15) is 12.5 Å². The van der Waals surface area contributed by atoms with Gasteiger partial charge in [0.25, 0.3) is 5.69 Å². The summed E-state index contributed by atoms with van der Waals surface area (Å²) >= 11 is 6.02. The van der Waals surface area contributed by atoms with E-state index in [4.69, 9.17) is 11.6 Å². The molecule has 0 aliphatic heterocycles. The average Bonchev–Trinajstić information content (AvgIpc) is 2.67. The van der Waals surface area contributed by atoms with Crippen molar-refractivity contribution in [1.82, 2.24) is 14.1 Å². The highest BCUT2D eigenvalue weighted by molar-refractivity contribution is 7.91. The molecule has 1 N–H and O–H groups in total. The molecule has 3 aromatic rings. The summed E-state index contributed by atoms with van der Waals surface area (Å²) in [6.45, 7) is 2.96. The number of nitrogens with zero attached hydrogens (tertiary/aromatic N) is 3. The first-order valence-electron chi connectivity index (χ1n) is 8.75. The lowest BCUT2D eigenvalue weighted by Gasteiger charge is -2.11.